The van der Waals surface area contributed by atoms with Crippen molar-refractivity contribution in [2.75, 3.05) is 18.8 Å². The molecular formula is C24H23N5O5S. The third-order valence-corrected chi connectivity index (χ3v) is 5.83. The van der Waals surface area contributed by atoms with E-state index in [9.17, 15) is 8.42 Å². The average Bonchev–Trinajstić information content (AvgIpc) is 2.89. The van der Waals surface area contributed by atoms with Crippen molar-refractivity contribution in [1.82, 2.24) is 19.9 Å². The zero-order valence-corrected chi connectivity index (χ0v) is 18.9. The first-order valence-electron chi connectivity index (χ1n) is 13.9. The van der Waals surface area contributed by atoms with Crippen molar-refractivity contribution in [3.63, 3.8) is 0 Å². The van der Waals surface area contributed by atoms with Gasteiger partial charge in [0.15, 0.2) is 28.2 Å². The molecule has 1 N–H and O–H groups in total. The molecule has 0 fully saturated rings. The second-order valence-corrected chi connectivity index (χ2v) is 8.39. The Labute approximate surface area is 214 Å². The zero-order valence-electron chi connectivity index (χ0n) is 26.1. The van der Waals surface area contributed by atoms with Crippen molar-refractivity contribution in [1.29, 1.82) is 0 Å². The molecular weight excluding hydrogens is 470 g/mol. The van der Waals surface area contributed by atoms with Crippen molar-refractivity contribution < 1.29 is 33.6 Å². The van der Waals surface area contributed by atoms with Gasteiger partial charge in [0.2, 0.25) is 5.75 Å². The molecule has 10 nitrogen and oxygen atoms in total. The topological polar surface area (TPSA) is 125 Å². The molecule has 0 aliphatic rings. The van der Waals surface area contributed by atoms with Crippen LogP contribution >= 0.6 is 0 Å². The lowest BCUT2D eigenvalue weighted by Crippen LogP contribution is -2.17. The van der Waals surface area contributed by atoms with Crippen LogP contribution in [-0.2, 0) is 16.4 Å². The van der Waals surface area contributed by atoms with Gasteiger partial charge in [-0.25, -0.2) is 9.97 Å². The smallest absolute Gasteiger partial charge is 0.280 e. The fourth-order valence-electron chi connectivity index (χ4n) is 2.89. The van der Waals surface area contributed by atoms with E-state index in [1.807, 2.05) is 0 Å². The SMILES string of the molecule is [2H]C([2H])([2H])Oc1ccccc1Oc1c(NS(=O)(=O)c2ccc(C([2H])([2H])C)cn2)nc(-c2ccncc2)nc1OC([2H])([2H])[2H]. The quantitative estimate of drug-likeness (QED) is 0.361. The standard InChI is InChI=1S/C24H23N5O5S/c1-4-16-9-10-20(26-15-16)35(30,31)29-23-21(34-19-8-6-5-7-18(19)32-2)24(33-3)28-22(27-23)17-11-13-25-14-12-17/h5-15H,4H2,1-3H3,(H,27,28,29)/i2D3,3D3,4D2. The second kappa shape index (κ2) is 10.3. The highest BCUT2D eigenvalue weighted by Crippen LogP contribution is 2.41. The van der Waals surface area contributed by atoms with Gasteiger partial charge in [-0.05, 0) is 42.3 Å². The van der Waals surface area contributed by atoms with Crippen LogP contribution in [0.3, 0.4) is 0 Å². The fourth-order valence-corrected chi connectivity index (χ4v) is 3.82. The van der Waals surface area contributed by atoms with E-state index in [0.29, 0.717) is 5.56 Å². The Morgan fingerprint density at radius 3 is 2.46 bits per heavy atom. The number of anilines is 1. The van der Waals surface area contributed by atoms with Crippen molar-refractivity contribution in [2.24, 2.45) is 0 Å². The number of nitrogens with zero attached hydrogens (tertiary/aromatic N) is 4. The molecule has 0 amide bonds. The molecule has 35 heavy (non-hydrogen) atoms. The highest BCUT2D eigenvalue weighted by Gasteiger charge is 2.25. The molecule has 4 aromatic rings. The van der Waals surface area contributed by atoms with Crippen molar-refractivity contribution in [3.8, 4) is 34.5 Å². The molecule has 0 saturated carbocycles. The molecule has 3 heterocycles. The summed E-state index contributed by atoms with van der Waals surface area (Å²) in [5.41, 5.74) is 0.424. The Morgan fingerprint density at radius 1 is 1.00 bits per heavy atom. The normalized spacial score (nSPS) is 15.6. The van der Waals surface area contributed by atoms with Gasteiger partial charge in [-0.15, -0.1) is 0 Å². The van der Waals surface area contributed by atoms with Crippen LogP contribution in [0.2, 0.25) is 0 Å². The van der Waals surface area contributed by atoms with Gasteiger partial charge >= 0.3 is 0 Å². The number of pyridine rings is 2. The van der Waals surface area contributed by atoms with Gasteiger partial charge in [0.05, 0.1) is 22.3 Å². The molecule has 0 atom stereocenters. The van der Waals surface area contributed by atoms with Crippen LogP contribution in [0.25, 0.3) is 11.4 Å². The molecule has 180 valence electrons. The van der Waals surface area contributed by atoms with Crippen molar-refractivity contribution in [2.45, 2.75) is 18.3 Å². The minimum Gasteiger partial charge on any atom is -0.493 e. The number of sulfonamides is 1. The summed E-state index contributed by atoms with van der Waals surface area (Å²) in [6.45, 7) is 1.28. The maximum atomic E-state index is 13.4. The van der Waals surface area contributed by atoms with Crippen LogP contribution < -0.4 is 18.9 Å². The molecule has 4 rings (SSSR count). The van der Waals surface area contributed by atoms with E-state index in [0.717, 1.165) is 12.3 Å². The van der Waals surface area contributed by atoms with E-state index in [1.165, 1.54) is 61.8 Å². The first-order chi connectivity index (χ1) is 19.9. The number of aryl methyl sites for hydroxylation is 1. The van der Waals surface area contributed by atoms with E-state index < -0.39 is 52.9 Å². The molecule has 0 unspecified atom stereocenters. The lowest BCUT2D eigenvalue weighted by molar-refractivity contribution is 0.348. The lowest BCUT2D eigenvalue weighted by atomic mass is 10.2. The molecule has 0 spiro atoms. The molecule has 3 aromatic heterocycles. The number of ether oxygens (including phenoxy) is 3. The summed E-state index contributed by atoms with van der Waals surface area (Å²) < 4.78 is 106. The summed E-state index contributed by atoms with van der Waals surface area (Å²) in [6, 6.07) is 10.7. The van der Waals surface area contributed by atoms with E-state index in [2.05, 4.69) is 24.7 Å². The highest BCUT2D eigenvalue weighted by molar-refractivity contribution is 7.92. The van der Waals surface area contributed by atoms with E-state index in [-0.39, 0.29) is 22.9 Å². The van der Waals surface area contributed by atoms with Crippen LogP contribution in [-0.4, -0.2) is 42.4 Å². The molecule has 1 aromatic carbocycles. The van der Waals surface area contributed by atoms with E-state index >= 15 is 0 Å². The fraction of sp³-hybridized carbons (Fsp3) is 0.167. The molecule has 0 radical (unpaired) electrons. The molecule has 0 bridgehead atoms. The first kappa shape index (κ1) is 15.6. The van der Waals surface area contributed by atoms with Gasteiger partial charge in [-0.3, -0.25) is 9.71 Å². The first-order valence-corrected chi connectivity index (χ1v) is 11.4. The number of aromatic nitrogens is 4. The lowest BCUT2D eigenvalue weighted by Gasteiger charge is -2.17. The zero-order chi connectivity index (χ0) is 31.6. The number of hydrogen-bond acceptors (Lipinski definition) is 9. The summed E-state index contributed by atoms with van der Waals surface area (Å²) in [4.78, 5) is 16.1. The predicted molar refractivity (Wildman–Crippen MR) is 129 cm³/mol. The van der Waals surface area contributed by atoms with Gasteiger partial charge in [-0.1, -0.05) is 25.1 Å². The number of methoxy groups -OCH3 is 2. The van der Waals surface area contributed by atoms with Crippen LogP contribution in [0.4, 0.5) is 5.82 Å². The van der Waals surface area contributed by atoms with Crippen LogP contribution in [0.15, 0.2) is 72.1 Å². The Hall–Kier alpha value is -4.25. The highest BCUT2D eigenvalue weighted by atomic mass is 32.2. The predicted octanol–water partition coefficient (Wildman–Crippen LogP) is 4.11. The largest absolute Gasteiger partial charge is 0.493 e. The minimum absolute atomic E-state index is 0.122. The third kappa shape index (κ3) is 5.30. The number of hydrogen-bond donors (Lipinski definition) is 1. The van der Waals surface area contributed by atoms with Crippen molar-refractivity contribution >= 4 is 15.8 Å². The van der Waals surface area contributed by atoms with Gasteiger partial charge in [0, 0.05) is 26.9 Å². The number of nitrogens with one attached hydrogen (secondary N) is 1. The Balaban J connectivity index is 1.90. The Bertz CT molecular complexity index is 1700. The van der Waals surface area contributed by atoms with Gasteiger partial charge in [0.25, 0.3) is 15.9 Å². The van der Waals surface area contributed by atoms with E-state index in [1.54, 1.807) is 0 Å². The number of para-hydroxylation sites is 2. The van der Waals surface area contributed by atoms with Crippen LogP contribution in [0.5, 0.6) is 23.1 Å². The van der Waals surface area contributed by atoms with Crippen LogP contribution in [0.1, 0.15) is 23.5 Å². The van der Waals surface area contributed by atoms with Gasteiger partial charge in [0.1, 0.15) is 0 Å². The van der Waals surface area contributed by atoms with Crippen molar-refractivity contribution in [3.05, 3.63) is 72.7 Å². The molecule has 0 aliphatic heterocycles. The molecule has 0 aliphatic carbocycles. The third-order valence-electron chi connectivity index (χ3n) is 4.57. The summed E-state index contributed by atoms with van der Waals surface area (Å²) in [5.74, 6) is -2.68. The Morgan fingerprint density at radius 2 is 1.77 bits per heavy atom. The summed E-state index contributed by atoms with van der Waals surface area (Å²) in [6.07, 6.45) is 2.07. The number of benzene rings is 1. The second-order valence-electron chi connectivity index (χ2n) is 6.76. The average molecular weight is 502 g/mol. The summed E-state index contributed by atoms with van der Waals surface area (Å²) in [7, 11) is -10.6. The minimum atomic E-state index is -4.57. The van der Waals surface area contributed by atoms with Crippen LogP contribution in [0, 0.1) is 0 Å². The van der Waals surface area contributed by atoms with Gasteiger partial charge < -0.3 is 14.2 Å². The monoisotopic (exact) mass is 501 g/mol. The maximum absolute atomic E-state index is 13.4. The molecule has 11 heteroatoms. The van der Waals surface area contributed by atoms with E-state index in [4.69, 9.17) is 25.2 Å². The molecule has 0 saturated heterocycles. The van der Waals surface area contributed by atoms with Gasteiger partial charge in [-0.2, -0.15) is 13.4 Å². The Kier molecular flexibility index (Phi) is 4.62. The summed E-state index contributed by atoms with van der Waals surface area (Å²) >= 11 is 0. The maximum Gasteiger partial charge on any atom is 0.280 e. The number of rotatable bonds is 9. The summed E-state index contributed by atoms with van der Waals surface area (Å²) in [5, 5.41) is -0.528.